The van der Waals surface area contributed by atoms with E-state index in [9.17, 15) is 5.11 Å². The van der Waals surface area contributed by atoms with Gasteiger partial charge in [-0.1, -0.05) is 20.8 Å². The molecule has 0 aromatic carbocycles. The molecule has 1 atom stereocenters. The second-order valence-corrected chi connectivity index (χ2v) is 5.95. The maximum atomic E-state index is 10.1. The van der Waals surface area contributed by atoms with E-state index >= 15 is 0 Å². The van der Waals surface area contributed by atoms with Crippen LogP contribution in [-0.4, -0.2) is 43.4 Å². The largest absolute Gasteiger partial charge is 0.389 e. The highest BCUT2D eigenvalue weighted by Gasteiger charge is 2.26. The van der Waals surface area contributed by atoms with Gasteiger partial charge in [0.15, 0.2) is 0 Å². The molecule has 98 valence electrons. The van der Waals surface area contributed by atoms with Gasteiger partial charge in [0.05, 0.1) is 5.60 Å². The topological polar surface area (TPSA) is 70.3 Å². The maximum absolute atomic E-state index is 10.1. The predicted octanol–water partition coefficient (Wildman–Crippen LogP) is 0.312. The molecule has 0 saturated heterocycles. The Morgan fingerprint density at radius 1 is 1.00 bits per heavy atom. The maximum Gasteiger partial charge on any atom is 0.0748 e. The van der Waals surface area contributed by atoms with Crippen molar-refractivity contribution in [2.75, 3.05) is 32.7 Å². The van der Waals surface area contributed by atoms with Crippen molar-refractivity contribution < 1.29 is 5.11 Å². The molecule has 1 unspecified atom stereocenters. The molecule has 0 amide bonds. The predicted molar refractivity (Wildman–Crippen MR) is 69.5 cm³/mol. The standard InChI is InChI=1S/C12H29N3O/c1-11(2,3)9-12(4,16)10-15-8-7-14-6-5-13/h14-16H,5-10,13H2,1-4H3. The van der Waals surface area contributed by atoms with E-state index in [0.717, 1.165) is 26.1 Å². The van der Waals surface area contributed by atoms with Crippen molar-refractivity contribution in [3.63, 3.8) is 0 Å². The first-order valence-electron chi connectivity index (χ1n) is 6.11. The second-order valence-electron chi connectivity index (χ2n) is 5.95. The minimum atomic E-state index is -0.633. The minimum absolute atomic E-state index is 0.156. The summed E-state index contributed by atoms with van der Waals surface area (Å²) in [7, 11) is 0. The normalized spacial score (nSPS) is 16.1. The molecule has 5 N–H and O–H groups in total. The Balaban J connectivity index is 3.58. The van der Waals surface area contributed by atoms with Crippen molar-refractivity contribution in [3.05, 3.63) is 0 Å². The van der Waals surface area contributed by atoms with Crippen molar-refractivity contribution >= 4 is 0 Å². The van der Waals surface area contributed by atoms with Crippen LogP contribution >= 0.6 is 0 Å². The fourth-order valence-corrected chi connectivity index (χ4v) is 1.97. The zero-order valence-electron chi connectivity index (χ0n) is 11.3. The molecule has 0 fully saturated rings. The van der Waals surface area contributed by atoms with Gasteiger partial charge in [0, 0.05) is 32.7 Å². The van der Waals surface area contributed by atoms with Crippen LogP contribution in [0, 0.1) is 5.41 Å². The second kappa shape index (κ2) is 7.22. The monoisotopic (exact) mass is 231 g/mol. The van der Waals surface area contributed by atoms with Crippen LogP contribution in [-0.2, 0) is 0 Å². The number of hydrogen-bond acceptors (Lipinski definition) is 4. The molecule has 0 spiro atoms. The van der Waals surface area contributed by atoms with Gasteiger partial charge in [-0.2, -0.15) is 0 Å². The quantitative estimate of drug-likeness (QED) is 0.454. The molecule has 4 heteroatoms. The first-order chi connectivity index (χ1) is 7.27. The van der Waals surface area contributed by atoms with Crippen LogP contribution in [0.1, 0.15) is 34.1 Å². The van der Waals surface area contributed by atoms with E-state index in [2.05, 4.69) is 31.4 Å². The lowest BCUT2D eigenvalue weighted by Crippen LogP contribution is -2.42. The summed E-state index contributed by atoms with van der Waals surface area (Å²) in [5, 5.41) is 16.6. The average molecular weight is 231 g/mol. The van der Waals surface area contributed by atoms with Crippen LogP contribution in [0.4, 0.5) is 0 Å². The summed E-state index contributed by atoms with van der Waals surface area (Å²) in [6, 6.07) is 0. The van der Waals surface area contributed by atoms with Gasteiger partial charge in [-0.3, -0.25) is 0 Å². The van der Waals surface area contributed by atoms with Crippen molar-refractivity contribution in [1.29, 1.82) is 0 Å². The number of rotatable bonds is 8. The third-order valence-corrected chi connectivity index (χ3v) is 2.22. The van der Waals surface area contributed by atoms with Gasteiger partial charge in [-0.25, -0.2) is 0 Å². The summed E-state index contributed by atoms with van der Waals surface area (Å²) in [4.78, 5) is 0. The van der Waals surface area contributed by atoms with E-state index < -0.39 is 5.60 Å². The molecule has 16 heavy (non-hydrogen) atoms. The molecule has 0 aromatic rings. The number of hydrogen-bond donors (Lipinski definition) is 4. The molecule has 0 bridgehead atoms. The SMILES string of the molecule is CC(C)(C)CC(C)(O)CNCCNCCN. The van der Waals surface area contributed by atoms with Crippen molar-refractivity contribution in [2.24, 2.45) is 11.1 Å². The highest BCUT2D eigenvalue weighted by atomic mass is 16.3. The summed E-state index contributed by atoms with van der Waals surface area (Å²) in [5.74, 6) is 0. The minimum Gasteiger partial charge on any atom is -0.389 e. The molecular weight excluding hydrogens is 202 g/mol. The number of aliphatic hydroxyl groups is 1. The highest BCUT2D eigenvalue weighted by molar-refractivity contribution is 4.81. The summed E-state index contributed by atoms with van der Waals surface area (Å²) in [5.41, 5.74) is 4.88. The summed E-state index contributed by atoms with van der Waals surface area (Å²) in [6.07, 6.45) is 0.795. The number of nitrogens with one attached hydrogen (secondary N) is 2. The molecule has 4 nitrogen and oxygen atoms in total. The van der Waals surface area contributed by atoms with E-state index in [1.165, 1.54) is 0 Å². The van der Waals surface area contributed by atoms with Gasteiger partial charge in [0.25, 0.3) is 0 Å². The molecule has 0 aliphatic heterocycles. The fourth-order valence-electron chi connectivity index (χ4n) is 1.97. The van der Waals surface area contributed by atoms with Crippen molar-refractivity contribution in [1.82, 2.24) is 10.6 Å². The Hall–Kier alpha value is -0.160. The highest BCUT2D eigenvalue weighted by Crippen LogP contribution is 2.26. The van der Waals surface area contributed by atoms with Gasteiger partial charge < -0.3 is 21.5 Å². The van der Waals surface area contributed by atoms with Gasteiger partial charge in [0.1, 0.15) is 0 Å². The number of nitrogens with two attached hydrogens (primary N) is 1. The molecule has 0 heterocycles. The Bertz CT molecular complexity index is 176. The summed E-state index contributed by atoms with van der Waals surface area (Å²) >= 11 is 0. The van der Waals surface area contributed by atoms with Crippen molar-refractivity contribution in [2.45, 2.75) is 39.7 Å². The van der Waals surface area contributed by atoms with Crippen LogP contribution in [0.25, 0.3) is 0 Å². The van der Waals surface area contributed by atoms with Gasteiger partial charge in [-0.05, 0) is 18.8 Å². The first kappa shape index (κ1) is 15.8. The lowest BCUT2D eigenvalue weighted by Gasteiger charge is -2.31. The van der Waals surface area contributed by atoms with Crippen LogP contribution in [0.5, 0.6) is 0 Å². The fraction of sp³-hybridized carbons (Fsp3) is 1.00. The summed E-state index contributed by atoms with van der Waals surface area (Å²) in [6.45, 7) is 12.2. The van der Waals surface area contributed by atoms with E-state index in [1.54, 1.807) is 0 Å². The Labute approximate surface area is 100.0 Å². The van der Waals surface area contributed by atoms with E-state index in [4.69, 9.17) is 5.73 Å². The van der Waals surface area contributed by atoms with Crippen LogP contribution in [0.15, 0.2) is 0 Å². The van der Waals surface area contributed by atoms with E-state index in [1.807, 2.05) is 6.92 Å². The third kappa shape index (κ3) is 10.4. The van der Waals surface area contributed by atoms with Crippen LogP contribution in [0.3, 0.4) is 0 Å². The van der Waals surface area contributed by atoms with Crippen molar-refractivity contribution in [3.8, 4) is 0 Å². The molecule has 0 rings (SSSR count). The zero-order valence-corrected chi connectivity index (χ0v) is 11.3. The van der Waals surface area contributed by atoms with Crippen LogP contribution in [0.2, 0.25) is 0 Å². The lowest BCUT2D eigenvalue weighted by atomic mass is 9.83. The smallest absolute Gasteiger partial charge is 0.0748 e. The Kier molecular flexibility index (Phi) is 7.15. The van der Waals surface area contributed by atoms with Gasteiger partial charge >= 0.3 is 0 Å². The lowest BCUT2D eigenvalue weighted by molar-refractivity contribution is 0.0199. The Morgan fingerprint density at radius 3 is 2.06 bits per heavy atom. The zero-order chi connectivity index (χ0) is 12.7. The molecule has 0 saturated carbocycles. The van der Waals surface area contributed by atoms with Gasteiger partial charge in [-0.15, -0.1) is 0 Å². The average Bonchev–Trinajstić information content (AvgIpc) is 2.06. The van der Waals surface area contributed by atoms with Gasteiger partial charge in [0.2, 0.25) is 0 Å². The third-order valence-electron chi connectivity index (χ3n) is 2.22. The molecule has 0 aliphatic carbocycles. The molecule has 0 radical (unpaired) electrons. The molecular formula is C12H29N3O. The Morgan fingerprint density at radius 2 is 1.56 bits per heavy atom. The molecule has 0 aliphatic rings. The first-order valence-corrected chi connectivity index (χ1v) is 6.11. The van der Waals surface area contributed by atoms with E-state index in [-0.39, 0.29) is 5.41 Å². The summed E-state index contributed by atoms with van der Waals surface area (Å²) < 4.78 is 0. The van der Waals surface area contributed by atoms with Crippen LogP contribution < -0.4 is 16.4 Å². The molecule has 0 aromatic heterocycles. The van der Waals surface area contributed by atoms with E-state index in [0.29, 0.717) is 13.1 Å².